The number of hydrogen-bond acceptors (Lipinski definition) is 5. The van der Waals surface area contributed by atoms with Crippen LogP contribution in [0.25, 0.3) is 11.0 Å². The number of nitrogens with one attached hydrogen (secondary N) is 2. The third-order valence-electron chi connectivity index (χ3n) is 6.87. The molecule has 0 spiro atoms. The van der Waals surface area contributed by atoms with Gasteiger partial charge in [-0.15, -0.1) is 0 Å². The number of aryl methyl sites for hydroxylation is 2. The van der Waals surface area contributed by atoms with Crippen LogP contribution in [0.4, 0.5) is 24.8 Å². The summed E-state index contributed by atoms with van der Waals surface area (Å²) in [5.41, 5.74) is 3.07. The lowest BCUT2D eigenvalue weighted by Gasteiger charge is -2.30. The molecule has 0 saturated heterocycles. The SMILES string of the molecule is Cc1cccc(Cl)c1Nc1nc2cc(C(=O)NC3CCC(C(F)(F)F)CC3)c3c(c2n1C)OCCO3. The van der Waals surface area contributed by atoms with Crippen molar-refractivity contribution < 1.29 is 27.4 Å². The first-order chi connectivity index (χ1) is 17.1. The van der Waals surface area contributed by atoms with E-state index in [-0.39, 0.29) is 43.9 Å². The lowest BCUT2D eigenvalue weighted by Crippen LogP contribution is -2.40. The second kappa shape index (κ2) is 9.38. The van der Waals surface area contributed by atoms with Crippen LogP contribution in [0, 0.1) is 12.8 Å². The molecule has 0 radical (unpaired) electrons. The molecular weight excluding hydrogens is 497 g/mol. The van der Waals surface area contributed by atoms with E-state index >= 15 is 0 Å². The molecule has 5 rings (SSSR count). The topological polar surface area (TPSA) is 77.4 Å². The van der Waals surface area contributed by atoms with Crippen LogP contribution in [0.2, 0.25) is 5.02 Å². The lowest BCUT2D eigenvalue weighted by atomic mass is 9.85. The van der Waals surface area contributed by atoms with Crippen molar-refractivity contribution in [2.45, 2.75) is 44.8 Å². The summed E-state index contributed by atoms with van der Waals surface area (Å²) in [6, 6.07) is 6.86. The molecule has 1 aliphatic carbocycles. The molecule has 7 nitrogen and oxygen atoms in total. The van der Waals surface area contributed by atoms with Crippen LogP contribution in [0.3, 0.4) is 0 Å². The van der Waals surface area contributed by atoms with Gasteiger partial charge in [-0.05, 0) is 50.3 Å². The third kappa shape index (κ3) is 4.54. The molecule has 2 aromatic carbocycles. The number of aromatic nitrogens is 2. The van der Waals surface area contributed by atoms with Gasteiger partial charge in [-0.3, -0.25) is 4.79 Å². The molecule has 0 unspecified atom stereocenters. The van der Waals surface area contributed by atoms with Gasteiger partial charge in [0.1, 0.15) is 18.7 Å². The number of ether oxygens (including phenoxy) is 2. The Hall–Kier alpha value is -3.14. The number of carbonyl (C=O) groups excluding carboxylic acids is 1. The molecule has 3 aromatic rings. The summed E-state index contributed by atoms with van der Waals surface area (Å²) in [7, 11) is 1.82. The van der Waals surface area contributed by atoms with E-state index in [0.29, 0.717) is 40.1 Å². The van der Waals surface area contributed by atoms with Gasteiger partial charge in [0.05, 0.1) is 27.7 Å². The second-order valence-electron chi connectivity index (χ2n) is 9.26. The van der Waals surface area contributed by atoms with E-state index in [1.165, 1.54) is 0 Å². The highest BCUT2D eigenvalue weighted by Gasteiger charge is 2.41. The fourth-order valence-electron chi connectivity index (χ4n) is 4.90. The molecule has 1 amide bonds. The molecule has 192 valence electrons. The molecular formula is C25H26ClF3N4O3. The number of carbonyl (C=O) groups is 1. The normalized spacial score (nSPS) is 19.8. The number of para-hydroxylation sites is 1. The number of anilines is 2. The summed E-state index contributed by atoms with van der Waals surface area (Å²) in [5, 5.41) is 6.70. The minimum Gasteiger partial charge on any atom is -0.485 e. The fraction of sp³-hybridized carbons (Fsp3) is 0.440. The molecule has 2 aliphatic rings. The van der Waals surface area contributed by atoms with Gasteiger partial charge in [-0.25, -0.2) is 4.98 Å². The highest BCUT2D eigenvalue weighted by atomic mass is 35.5. The van der Waals surface area contributed by atoms with Gasteiger partial charge in [0, 0.05) is 13.1 Å². The van der Waals surface area contributed by atoms with Crippen LogP contribution in [0.5, 0.6) is 11.5 Å². The number of alkyl halides is 3. The Labute approximate surface area is 210 Å². The Morgan fingerprint density at radius 2 is 1.83 bits per heavy atom. The van der Waals surface area contributed by atoms with Crippen molar-refractivity contribution in [1.82, 2.24) is 14.9 Å². The van der Waals surface area contributed by atoms with Gasteiger partial charge < -0.3 is 24.7 Å². The Kier molecular flexibility index (Phi) is 6.40. The first-order valence-electron chi connectivity index (χ1n) is 11.8. The van der Waals surface area contributed by atoms with Crippen molar-refractivity contribution in [3.05, 3.63) is 40.4 Å². The van der Waals surface area contributed by atoms with Crippen molar-refractivity contribution in [3.8, 4) is 11.5 Å². The van der Waals surface area contributed by atoms with Crippen molar-refractivity contribution in [2.75, 3.05) is 18.5 Å². The van der Waals surface area contributed by atoms with E-state index in [4.69, 9.17) is 21.1 Å². The summed E-state index contributed by atoms with van der Waals surface area (Å²) in [6.07, 6.45) is -3.65. The Morgan fingerprint density at radius 1 is 1.14 bits per heavy atom. The average Bonchev–Trinajstić information content (AvgIpc) is 3.16. The summed E-state index contributed by atoms with van der Waals surface area (Å²) < 4.78 is 52.6. The number of nitrogens with zero attached hydrogens (tertiary/aromatic N) is 2. The predicted molar refractivity (Wildman–Crippen MR) is 130 cm³/mol. The minimum absolute atomic E-state index is 0.00192. The number of halogens is 4. The number of rotatable bonds is 4. The molecule has 1 saturated carbocycles. The van der Waals surface area contributed by atoms with E-state index in [0.717, 1.165) is 11.3 Å². The first-order valence-corrected chi connectivity index (χ1v) is 12.2. The number of fused-ring (bicyclic) bond motifs is 3. The highest BCUT2D eigenvalue weighted by Crippen LogP contribution is 2.43. The average molecular weight is 523 g/mol. The van der Waals surface area contributed by atoms with E-state index < -0.39 is 18.0 Å². The third-order valence-corrected chi connectivity index (χ3v) is 7.19. The van der Waals surface area contributed by atoms with E-state index in [1.54, 1.807) is 12.1 Å². The van der Waals surface area contributed by atoms with Crippen molar-refractivity contribution in [1.29, 1.82) is 0 Å². The van der Waals surface area contributed by atoms with Gasteiger partial charge in [-0.2, -0.15) is 13.2 Å². The standard InChI is InChI=1S/C25H26ClF3N4O3/c1-13-4-3-5-17(26)19(13)32-24-31-18-12-16(21-22(20(18)33(24)2)36-11-10-35-21)23(34)30-15-8-6-14(7-9-15)25(27,28)29/h3-5,12,14-15H,6-11H2,1-2H3,(H,30,34)(H,31,32). The van der Waals surface area contributed by atoms with E-state index in [2.05, 4.69) is 15.6 Å². The van der Waals surface area contributed by atoms with Gasteiger partial charge in [0.25, 0.3) is 5.91 Å². The number of hydrogen-bond donors (Lipinski definition) is 2. The summed E-state index contributed by atoms with van der Waals surface area (Å²) in [6.45, 7) is 2.52. The van der Waals surface area contributed by atoms with Crippen molar-refractivity contribution in [2.24, 2.45) is 13.0 Å². The van der Waals surface area contributed by atoms with Crippen LogP contribution in [-0.2, 0) is 7.05 Å². The van der Waals surface area contributed by atoms with Crippen LogP contribution in [0.15, 0.2) is 24.3 Å². The molecule has 2 heterocycles. The van der Waals surface area contributed by atoms with Crippen molar-refractivity contribution >= 4 is 40.2 Å². The Morgan fingerprint density at radius 3 is 2.50 bits per heavy atom. The monoisotopic (exact) mass is 522 g/mol. The van der Waals surface area contributed by atoms with Gasteiger partial charge >= 0.3 is 6.18 Å². The molecule has 2 N–H and O–H groups in total. The van der Waals surface area contributed by atoms with Gasteiger partial charge in [-0.1, -0.05) is 23.7 Å². The number of benzene rings is 2. The maximum Gasteiger partial charge on any atom is 0.391 e. The molecule has 11 heteroatoms. The highest BCUT2D eigenvalue weighted by molar-refractivity contribution is 6.33. The molecule has 0 atom stereocenters. The van der Waals surface area contributed by atoms with Crippen molar-refractivity contribution in [3.63, 3.8) is 0 Å². The zero-order valence-electron chi connectivity index (χ0n) is 19.8. The summed E-state index contributed by atoms with van der Waals surface area (Å²) in [5.74, 6) is -0.521. The zero-order chi connectivity index (χ0) is 25.6. The Balaban J connectivity index is 1.45. The van der Waals surface area contributed by atoms with E-state index in [1.807, 2.05) is 30.7 Å². The first kappa shape index (κ1) is 24.5. The van der Waals surface area contributed by atoms with E-state index in [9.17, 15) is 18.0 Å². The zero-order valence-corrected chi connectivity index (χ0v) is 20.6. The fourth-order valence-corrected chi connectivity index (χ4v) is 5.17. The van der Waals surface area contributed by atoms with Gasteiger partial charge in [0.2, 0.25) is 5.95 Å². The smallest absolute Gasteiger partial charge is 0.391 e. The van der Waals surface area contributed by atoms with Crippen LogP contribution < -0.4 is 20.1 Å². The predicted octanol–water partition coefficient (Wildman–Crippen LogP) is 5.90. The Bertz CT molecular complexity index is 1300. The maximum atomic E-state index is 13.2. The lowest BCUT2D eigenvalue weighted by molar-refractivity contribution is -0.182. The maximum absolute atomic E-state index is 13.2. The summed E-state index contributed by atoms with van der Waals surface area (Å²) >= 11 is 6.38. The number of imidazole rings is 1. The molecule has 0 bridgehead atoms. The minimum atomic E-state index is -4.20. The number of amides is 1. The quantitative estimate of drug-likeness (QED) is 0.446. The molecule has 1 aliphatic heterocycles. The molecule has 36 heavy (non-hydrogen) atoms. The van der Waals surface area contributed by atoms with Crippen LogP contribution in [-0.4, -0.2) is 40.9 Å². The second-order valence-corrected chi connectivity index (χ2v) is 9.67. The van der Waals surface area contributed by atoms with Gasteiger partial charge in [0.15, 0.2) is 11.5 Å². The molecule has 1 fully saturated rings. The van der Waals surface area contributed by atoms with Crippen LogP contribution in [0.1, 0.15) is 41.6 Å². The molecule has 1 aromatic heterocycles. The largest absolute Gasteiger partial charge is 0.485 e. The van der Waals surface area contributed by atoms with Crippen LogP contribution >= 0.6 is 11.6 Å². The summed E-state index contributed by atoms with van der Waals surface area (Å²) in [4.78, 5) is 17.9.